The molecule has 1 aliphatic rings. The predicted octanol–water partition coefficient (Wildman–Crippen LogP) is 1.77. The summed E-state index contributed by atoms with van der Waals surface area (Å²) in [6.45, 7) is 3.33. The van der Waals surface area contributed by atoms with Crippen molar-refractivity contribution >= 4 is 0 Å². The Morgan fingerprint density at radius 1 is 1.33 bits per heavy atom. The predicted molar refractivity (Wildman–Crippen MR) is 83.4 cm³/mol. The van der Waals surface area contributed by atoms with Crippen LogP contribution >= 0.6 is 0 Å². The van der Waals surface area contributed by atoms with E-state index in [2.05, 4.69) is 29.6 Å². The lowest BCUT2D eigenvalue weighted by atomic mass is 10.1. The van der Waals surface area contributed by atoms with E-state index >= 15 is 0 Å². The topological polar surface area (TPSA) is 50.7 Å². The Morgan fingerprint density at radius 2 is 2.19 bits per heavy atom. The number of aryl methyl sites for hydroxylation is 1. The second-order valence-corrected chi connectivity index (χ2v) is 5.62. The maximum Gasteiger partial charge on any atom is 0.0897 e. The van der Waals surface area contributed by atoms with Crippen LogP contribution in [0.2, 0.25) is 0 Å². The van der Waals surface area contributed by atoms with Crippen molar-refractivity contribution in [2.24, 2.45) is 0 Å². The number of aliphatic hydroxyl groups is 1. The first kappa shape index (κ1) is 16.4. The lowest BCUT2D eigenvalue weighted by Gasteiger charge is -2.14. The van der Waals surface area contributed by atoms with E-state index in [4.69, 9.17) is 9.47 Å². The molecule has 1 aromatic rings. The Hall–Kier alpha value is -0.940. The molecule has 2 rings (SSSR count). The number of rotatable bonds is 10. The van der Waals surface area contributed by atoms with Crippen molar-refractivity contribution in [3.63, 3.8) is 0 Å². The number of benzene rings is 1. The van der Waals surface area contributed by atoms with Crippen molar-refractivity contribution in [3.05, 3.63) is 35.9 Å². The molecule has 2 unspecified atom stereocenters. The van der Waals surface area contributed by atoms with Crippen molar-refractivity contribution in [3.8, 4) is 0 Å². The van der Waals surface area contributed by atoms with Gasteiger partial charge in [-0.2, -0.15) is 0 Å². The van der Waals surface area contributed by atoms with E-state index in [0.29, 0.717) is 19.8 Å². The molecule has 1 fully saturated rings. The van der Waals surface area contributed by atoms with Gasteiger partial charge in [-0.1, -0.05) is 30.3 Å². The molecule has 4 nitrogen and oxygen atoms in total. The molecule has 1 aliphatic heterocycles. The number of aliphatic hydroxyl groups excluding tert-OH is 1. The van der Waals surface area contributed by atoms with Gasteiger partial charge >= 0.3 is 0 Å². The third-order valence-electron chi connectivity index (χ3n) is 3.68. The summed E-state index contributed by atoms with van der Waals surface area (Å²) in [5, 5.41) is 13.1. The van der Waals surface area contributed by atoms with Gasteiger partial charge in [-0.15, -0.1) is 0 Å². The van der Waals surface area contributed by atoms with E-state index < -0.39 is 6.10 Å². The Bertz CT molecular complexity index is 366. The molecule has 0 spiro atoms. The highest BCUT2D eigenvalue weighted by Crippen LogP contribution is 2.11. The van der Waals surface area contributed by atoms with Gasteiger partial charge in [0.25, 0.3) is 0 Å². The average molecular weight is 293 g/mol. The number of ether oxygens (including phenoxy) is 2. The molecule has 0 saturated carbocycles. The molecular weight excluding hydrogens is 266 g/mol. The lowest BCUT2D eigenvalue weighted by molar-refractivity contribution is -0.0163. The van der Waals surface area contributed by atoms with Crippen molar-refractivity contribution < 1.29 is 14.6 Å². The van der Waals surface area contributed by atoms with Crippen molar-refractivity contribution in [1.29, 1.82) is 0 Å². The summed E-state index contributed by atoms with van der Waals surface area (Å²) >= 11 is 0. The molecule has 0 bridgehead atoms. The van der Waals surface area contributed by atoms with Gasteiger partial charge in [0.2, 0.25) is 0 Å². The zero-order valence-corrected chi connectivity index (χ0v) is 12.7. The van der Waals surface area contributed by atoms with E-state index in [1.54, 1.807) is 0 Å². The number of nitrogens with one attached hydrogen (secondary N) is 1. The van der Waals surface area contributed by atoms with E-state index in [1.165, 1.54) is 5.56 Å². The van der Waals surface area contributed by atoms with Crippen LogP contribution in [-0.4, -0.2) is 50.2 Å². The molecule has 1 aromatic carbocycles. The third kappa shape index (κ3) is 7.05. The summed E-state index contributed by atoms with van der Waals surface area (Å²) in [6, 6.07) is 10.5. The van der Waals surface area contributed by atoms with Crippen molar-refractivity contribution in [2.45, 2.75) is 37.9 Å². The van der Waals surface area contributed by atoms with Crippen LogP contribution in [0.4, 0.5) is 0 Å². The maximum absolute atomic E-state index is 9.81. The molecule has 2 N–H and O–H groups in total. The van der Waals surface area contributed by atoms with Crippen LogP contribution in [0.25, 0.3) is 0 Å². The monoisotopic (exact) mass is 293 g/mol. The molecular formula is C17H27NO3. The minimum atomic E-state index is -0.442. The molecule has 0 amide bonds. The van der Waals surface area contributed by atoms with Crippen LogP contribution in [0.15, 0.2) is 30.3 Å². The first-order valence-electron chi connectivity index (χ1n) is 7.96. The summed E-state index contributed by atoms with van der Waals surface area (Å²) in [5.74, 6) is 0. The Morgan fingerprint density at radius 3 is 2.95 bits per heavy atom. The second-order valence-electron chi connectivity index (χ2n) is 5.62. The second kappa shape index (κ2) is 9.90. The Balaban J connectivity index is 1.42. The van der Waals surface area contributed by atoms with Gasteiger partial charge in [-0.3, -0.25) is 0 Å². The number of hydrogen-bond donors (Lipinski definition) is 2. The van der Waals surface area contributed by atoms with Gasteiger partial charge in [0.15, 0.2) is 0 Å². The lowest BCUT2D eigenvalue weighted by Crippen LogP contribution is -2.32. The Labute approximate surface area is 127 Å². The number of hydrogen-bond acceptors (Lipinski definition) is 4. The van der Waals surface area contributed by atoms with Gasteiger partial charge in [-0.05, 0) is 37.8 Å². The smallest absolute Gasteiger partial charge is 0.0897 e. The van der Waals surface area contributed by atoms with Gasteiger partial charge in [0.05, 0.1) is 25.4 Å². The molecule has 2 atom stereocenters. The van der Waals surface area contributed by atoms with Gasteiger partial charge in [0, 0.05) is 13.2 Å². The van der Waals surface area contributed by atoms with E-state index in [9.17, 15) is 5.11 Å². The fourth-order valence-corrected chi connectivity index (χ4v) is 2.50. The molecule has 0 aliphatic carbocycles. The average Bonchev–Trinajstić information content (AvgIpc) is 3.01. The molecule has 0 radical (unpaired) electrons. The summed E-state index contributed by atoms with van der Waals surface area (Å²) in [7, 11) is 0. The van der Waals surface area contributed by atoms with Crippen molar-refractivity contribution in [1.82, 2.24) is 5.32 Å². The van der Waals surface area contributed by atoms with E-state index in [0.717, 1.165) is 38.8 Å². The first-order chi connectivity index (χ1) is 10.3. The summed E-state index contributed by atoms with van der Waals surface area (Å²) < 4.78 is 11.0. The van der Waals surface area contributed by atoms with Crippen molar-refractivity contribution in [2.75, 3.05) is 32.9 Å². The fraction of sp³-hybridized carbons (Fsp3) is 0.647. The van der Waals surface area contributed by atoms with Crippen LogP contribution in [0, 0.1) is 0 Å². The summed E-state index contributed by atoms with van der Waals surface area (Å²) in [5.41, 5.74) is 1.36. The largest absolute Gasteiger partial charge is 0.389 e. The highest BCUT2D eigenvalue weighted by molar-refractivity contribution is 5.14. The minimum absolute atomic E-state index is 0.232. The molecule has 1 heterocycles. The zero-order chi connectivity index (χ0) is 14.8. The quantitative estimate of drug-likeness (QED) is 0.646. The van der Waals surface area contributed by atoms with Gasteiger partial charge in [0.1, 0.15) is 0 Å². The summed E-state index contributed by atoms with van der Waals surface area (Å²) in [4.78, 5) is 0. The zero-order valence-electron chi connectivity index (χ0n) is 12.7. The highest BCUT2D eigenvalue weighted by atomic mass is 16.5. The highest BCUT2D eigenvalue weighted by Gasteiger charge is 2.15. The minimum Gasteiger partial charge on any atom is -0.389 e. The van der Waals surface area contributed by atoms with Crippen LogP contribution in [0.3, 0.4) is 0 Å². The third-order valence-corrected chi connectivity index (χ3v) is 3.68. The first-order valence-corrected chi connectivity index (χ1v) is 7.96. The van der Waals surface area contributed by atoms with Crippen LogP contribution in [0.5, 0.6) is 0 Å². The van der Waals surface area contributed by atoms with E-state index in [-0.39, 0.29) is 6.10 Å². The SMILES string of the molecule is OC(CNCCCc1ccccc1)COCC1CCCO1. The van der Waals surface area contributed by atoms with Gasteiger partial charge < -0.3 is 19.9 Å². The molecule has 21 heavy (non-hydrogen) atoms. The molecule has 118 valence electrons. The molecule has 4 heteroatoms. The Kier molecular flexibility index (Phi) is 7.75. The standard InChI is InChI=1S/C17H27NO3/c19-16(13-20-14-17-9-5-11-21-17)12-18-10-4-8-15-6-2-1-3-7-15/h1-3,6-7,16-19H,4-5,8-14H2. The van der Waals surface area contributed by atoms with Crippen LogP contribution in [-0.2, 0) is 15.9 Å². The van der Waals surface area contributed by atoms with Crippen LogP contribution < -0.4 is 5.32 Å². The van der Waals surface area contributed by atoms with Gasteiger partial charge in [-0.25, -0.2) is 0 Å². The van der Waals surface area contributed by atoms with E-state index in [1.807, 2.05) is 6.07 Å². The maximum atomic E-state index is 9.81. The molecule has 0 aromatic heterocycles. The summed E-state index contributed by atoms with van der Waals surface area (Å²) in [6.07, 6.45) is 4.14. The normalized spacial score (nSPS) is 19.8. The van der Waals surface area contributed by atoms with Crippen LogP contribution in [0.1, 0.15) is 24.8 Å². The fourth-order valence-electron chi connectivity index (χ4n) is 2.50. The molecule has 1 saturated heterocycles.